The fourth-order valence-corrected chi connectivity index (χ4v) is 4.50. The maximum absolute atomic E-state index is 12.8. The number of fused-ring (bicyclic) bond motifs is 3. The van der Waals surface area contributed by atoms with Gasteiger partial charge in [-0.15, -0.1) is 0 Å². The number of nitrogens with zero attached hydrogens (tertiary/aromatic N) is 5. The lowest BCUT2D eigenvalue weighted by Crippen LogP contribution is -2.57. The number of pyridine rings is 1. The third-order valence-corrected chi connectivity index (χ3v) is 6.33. The van der Waals surface area contributed by atoms with Gasteiger partial charge >= 0.3 is 0 Å². The van der Waals surface area contributed by atoms with Crippen molar-refractivity contribution in [2.45, 2.75) is 18.9 Å². The summed E-state index contributed by atoms with van der Waals surface area (Å²) in [4.78, 5) is 30.7. The first-order valence-corrected chi connectivity index (χ1v) is 11.2. The van der Waals surface area contributed by atoms with E-state index in [0.29, 0.717) is 43.9 Å². The van der Waals surface area contributed by atoms with Gasteiger partial charge < -0.3 is 30.3 Å². The van der Waals surface area contributed by atoms with E-state index in [1.807, 2.05) is 12.3 Å². The Hall–Kier alpha value is -2.98. The number of nitrogens with one attached hydrogen (secondary N) is 1. The van der Waals surface area contributed by atoms with Crippen molar-refractivity contribution in [3.8, 4) is 11.4 Å². The second-order valence-corrected chi connectivity index (χ2v) is 8.54. The maximum atomic E-state index is 12.8. The van der Waals surface area contributed by atoms with E-state index in [-0.39, 0.29) is 18.5 Å². The molecule has 3 N–H and O–H groups in total. The molecule has 5 rings (SSSR count). The molecular formula is C22H29N7O3. The number of nitrogen functional groups attached to an aromatic ring is 1. The number of hydrogen-bond acceptors (Lipinski definition) is 9. The van der Waals surface area contributed by atoms with Gasteiger partial charge in [0, 0.05) is 44.6 Å². The van der Waals surface area contributed by atoms with E-state index >= 15 is 0 Å². The van der Waals surface area contributed by atoms with Crippen molar-refractivity contribution in [2.75, 3.05) is 68.1 Å². The molecule has 32 heavy (non-hydrogen) atoms. The molecule has 0 bridgehead atoms. The number of hydrogen-bond donors (Lipinski definition) is 2. The van der Waals surface area contributed by atoms with Crippen LogP contribution < -0.4 is 20.9 Å². The number of carbonyl (C=O) groups excluding carboxylic acids is 1. The molecule has 2 aromatic rings. The molecular weight excluding hydrogens is 410 g/mol. The fraction of sp³-hybridized carbons (Fsp3) is 0.545. The SMILES string of the molecule is Nc1ccc(-c2ncc3c(n2)N2CCOCC2CN3CC(=O)NCC2CCOCC2)cn1. The summed E-state index contributed by atoms with van der Waals surface area (Å²) in [6, 6.07) is 3.75. The largest absolute Gasteiger partial charge is 0.384 e. The number of rotatable bonds is 5. The lowest BCUT2D eigenvalue weighted by atomic mass is 10.0. The zero-order chi connectivity index (χ0) is 21.9. The summed E-state index contributed by atoms with van der Waals surface area (Å²) in [6.45, 7) is 5.25. The quantitative estimate of drug-likeness (QED) is 0.693. The summed E-state index contributed by atoms with van der Waals surface area (Å²) in [7, 11) is 0. The number of carbonyl (C=O) groups is 1. The van der Waals surface area contributed by atoms with Gasteiger partial charge in [-0.3, -0.25) is 4.79 Å². The van der Waals surface area contributed by atoms with Gasteiger partial charge in [0.2, 0.25) is 5.91 Å². The molecule has 170 valence electrons. The molecule has 0 spiro atoms. The van der Waals surface area contributed by atoms with E-state index in [9.17, 15) is 4.79 Å². The smallest absolute Gasteiger partial charge is 0.239 e. The maximum Gasteiger partial charge on any atom is 0.239 e. The third kappa shape index (κ3) is 4.46. The third-order valence-electron chi connectivity index (χ3n) is 6.33. The van der Waals surface area contributed by atoms with Gasteiger partial charge in [0.1, 0.15) is 5.82 Å². The molecule has 2 fully saturated rings. The molecule has 2 saturated heterocycles. The predicted molar refractivity (Wildman–Crippen MR) is 120 cm³/mol. The zero-order valence-electron chi connectivity index (χ0n) is 18.1. The average molecular weight is 440 g/mol. The van der Waals surface area contributed by atoms with Crippen LogP contribution in [0.2, 0.25) is 0 Å². The second kappa shape index (κ2) is 9.25. The van der Waals surface area contributed by atoms with Crippen LogP contribution in [0.3, 0.4) is 0 Å². The topological polar surface area (TPSA) is 119 Å². The Kier molecular flexibility index (Phi) is 6.04. The molecule has 1 amide bonds. The molecule has 0 saturated carbocycles. The lowest BCUT2D eigenvalue weighted by Gasteiger charge is -2.45. The van der Waals surface area contributed by atoms with E-state index in [0.717, 1.165) is 49.7 Å². The Balaban J connectivity index is 1.35. The Morgan fingerprint density at radius 1 is 1.16 bits per heavy atom. The number of nitrogens with two attached hydrogens (primary N) is 1. The van der Waals surface area contributed by atoms with Gasteiger partial charge in [0.25, 0.3) is 0 Å². The fourth-order valence-electron chi connectivity index (χ4n) is 4.50. The molecule has 1 atom stereocenters. The molecule has 10 nitrogen and oxygen atoms in total. The van der Waals surface area contributed by atoms with E-state index in [1.54, 1.807) is 12.3 Å². The molecule has 0 aliphatic carbocycles. The van der Waals surface area contributed by atoms with E-state index < -0.39 is 0 Å². The van der Waals surface area contributed by atoms with E-state index in [1.165, 1.54) is 0 Å². The first-order chi connectivity index (χ1) is 15.7. The molecule has 0 radical (unpaired) electrons. The first kappa shape index (κ1) is 20.9. The Morgan fingerprint density at radius 2 is 2.03 bits per heavy atom. The molecule has 3 aliphatic heterocycles. The summed E-state index contributed by atoms with van der Waals surface area (Å²) < 4.78 is 11.1. The van der Waals surface area contributed by atoms with Crippen molar-refractivity contribution in [1.82, 2.24) is 20.3 Å². The van der Waals surface area contributed by atoms with Crippen molar-refractivity contribution >= 4 is 23.2 Å². The van der Waals surface area contributed by atoms with Crippen LogP contribution >= 0.6 is 0 Å². The highest BCUT2D eigenvalue weighted by atomic mass is 16.5. The summed E-state index contributed by atoms with van der Waals surface area (Å²) in [5.41, 5.74) is 7.39. The van der Waals surface area contributed by atoms with Crippen LogP contribution in [0.5, 0.6) is 0 Å². The van der Waals surface area contributed by atoms with Crippen molar-refractivity contribution < 1.29 is 14.3 Å². The highest BCUT2D eigenvalue weighted by Crippen LogP contribution is 2.35. The van der Waals surface area contributed by atoms with Gasteiger partial charge in [-0.1, -0.05) is 0 Å². The van der Waals surface area contributed by atoms with Crippen LogP contribution in [0.15, 0.2) is 24.5 Å². The highest BCUT2D eigenvalue weighted by Gasteiger charge is 2.35. The molecule has 0 aromatic carbocycles. The molecule has 5 heterocycles. The summed E-state index contributed by atoms with van der Waals surface area (Å²) >= 11 is 0. The minimum atomic E-state index is 0.0134. The normalized spacial score (nSPS) is 21.1. The molecule has 1 unspecified atom stereocenters. The standard InChI is InChI=1S/C22H29N7O3/c23-19-2-1-16(10-24-19)21-26-11-18-22(27-21)29-5-8-32-14-17(29)12-28(18)13-20(30)25-9-15-3-6-31-7-4-15/h1-2,10-11,15,17H,3-9,12-14H2,(H2,23,24)(H,25,30). The number of amides is 1. The Labute approximate surface area is 187 Å². The van der Waals surface area contributed by atoms with Crippen LogP contribution in [-0.4, -0.2) is 79.5 Å². The average Bonchev–Trinajstić information content (AvgIpc) is 2.84. The highest BCUT2D eigenvalue weighted by molar-refractivity contribution is 5.84. The predicted octanol–water partition coefficient (Wildman–Crippen LogP) is 0.689. The van der Waals surface area contributed by atoms with Crippen LogP contribution in [0.4, 0.5) is 17.3 Å². The van der Waals surface area contributed by atoms with Crippen molar-refractivity contribution in [3.63, 3.8) is 0 Å². The monoisotopic (exact) mass is 439 g/mol. The number of aromatic nitrogens is 3. The number of morpholine rings is 1. The van der Waals surface area contributed by atoms with E-state index in [4.69, 9.17) is 20.2 Å². The number of ether oxygens (including phenoxy) is 2. The second-order valence-electron chi connectivity index (χ2n) is 8.54. The Bertz CT molecular complexity index is 949. The number of anilines is 3. The van der Waals surface area contributed by atoms with Crippen LogP contribution in [-0.2, 0) is 14.3 Å². The zero-order valence-corrected chi connectivity index (χ0v) is 18.1. The van der Waals surface area contributed by atoms with Crippen LogP contribution in [0.25, 0.3) is 11.4 Å². The summed E-state index contributed by atoms with van der Waals surface area (Å²) in [5, 5.41) is 3.10. The molecule has 3 aliphatic rings. The van der Waals surface area contributed by atoms with E-state index in [2.05, 4.69) is 25.1 Å². The van der Waals surface area contributed by atoms with Gasteiger partial charge in [-0.05, 0) is 30.9 Å². The van der Waals surface area contributed by atoms with Gasteiger partial charge in [0.15, 0.2) is 11.6 Å². The van der Waals surface area contributed by atoms with Crippen molar-refractivity contribution in [3.05, 3.63) is 24.5 Å². The molecule has 10 heteroatoms. The molecule has 2 aromatic heterocycles. The lowest BCUT2D eigenvalue weighted by molar-refractivity contribution is -0.120. The summed E-state index contributed by atoms with van der Waals surface area (Å²) in [5.74, 6) is 2.39. The van der Waals surface area contributed by atoms with Crippen LogP contribution in [0, 0.1) is 5.92 Å². The van der Waals surface area contributed by atoms with Gasteiger partial charge in [0.05, 0.1) is 37.7 Å². The Morgan fingerprint density at radius 3 is 2.84 bits per heavy atom. The van der Waals surface area contributed by atoms with Crippen LogP contribution in [0.1, 0.15) is 12.8 Å². The summed E-state index contributed by atoms with van der Waals surface area (Å²) in [6.07, 6.45) is 5.49. The minimum absolute atomic E-state index is 0.0134. The van der Waals surface area contributed by atoms with Gasteiger partial charge in [-0.25, -0.2) is 15.0 Å². The first-order valence-electron chi connectivity index (χ1n) is 11.2. The van der Waals surface area contributed by atoms with Crippen molar-refractivity contribution in [1.29, 1.82) is 0 Å². The van der Waals surface area contributed by atoms with Gasteiger partial charge in [-0.2, -0.15) is 0 Å². The van der Waals surface area contributed by atoms with Crippen molar-refractivity contribution in [2.24, 2.45) is 5.92 Å². The minimum Gasteiger partial charge on any atom is -0.384 e.